The summed E-state index contributed by atoms with van der Waals surface area (Å²) < 4.78 is 5.76. The second-order valence-corrected chi connectivity index (χ2v) is 6.34. The van der Waals surface area contributed by atoms with E-state index in [1.54, 1.807) is 0 Å². The predicted molar refractivity (Wildman–Crippen MR) is 76.2 cm³/mol. The maximum absolute atomic E-state index is 5.76. The van der Waals surface area contributed by atoms with Crippen molar-refractivity contribution in [2.24, 2.45) is 0 Å². The molecule has 0 spiro atoms. The summed E-state index contributed by atoms with van der Waals surface area (Å²) in [5, 5.41) is 11.7. The fourth-order valence-corrected chi connectivity index (χ4v) is 2.22. The molecule has 1 aliphatic rings. The smallest absolute Gasteiger partial charge is 0.318 e. The van der Waals surface area contributed by atoms with Gasteiger partial charge in [-0.3, -0.25) is 0 Å². The predicted octanol–water partition coefficient (Wildman–Crippen LogP) is 2.73. The fraction of sp³-hybridized carbons (Fsp3) is 0.857. The van der Waals surface area contributed by atoms with E-state index in [2.05, 4.69) is 41.2 Å². The first-order valence-corrected chi connectivity index (χ1v) is 7.37. The molecule has 5 nitrogen and oxygen atoms in total. The molecule has 1 aliphatic heterocycles. The minimum Gasteiger partial charge on any atom is -0.407 e. The van der Waals surface area contributed by atoms with Crippen LogP contribution in [0.25, 0.3) is 0 Å². The lowest BCUT2D eigenvalue weighted by Crippen LogP contribution is -2.35. The Morgan fingerprint density at radius 3 is 2.32 bits per heavy atom. The van der Waals surface area contributed by atoms with E-state index in [0.717, 1.165) is 13.1 Å². The molecule has 0 amide bonds. The van der Waals surface area contributed by atoms with Gasteiger partial charge in [0, 0.05) is 18.6 Å². The highest BCUT2D eigenvalue weighted by molar-refractivity contribution is 5.23. The number of nitrogens with one attached hydrogen (secondary N) is 1. The van der Waals surface area contributed by atoms with Crippen LogP contribution in [0.3, 0.4) is 0 Å². The Morgan fingerprint density at radius 2 is 1.68 bits per heavy atom. The topological polar surface area (TPSA) is 54.2 Å². The molecule has 19 heavy (non-hydrogen) atoms. The molecule has 108 valence electrons. The zero-order chi connectivity index (χ0) is 13.7. The number of hydrogen-bond donors (Lipinski definition) is 1. The summed E-state index contributed by atoms with van der Waals surface area (Å²) in [6, 6.07) is 0.688. The van der Waals surface area contributed by atoms with Crippen molar-refractivity contribution in [3.63, 3.8) is 0 Å². The van der Waals surface area contributed by atoms with Gasteiger partial charge in [0.15, 0.2) is 0 Å². The molecule has 0 radical (unpaired) electrons. The molecule has 1 saturated heterocycles. The first-order chi connectivity index (χ1) is 9.04. The highest BCUT2D eigenvalue weighted by Crippen LogP contribution is 2.18. The van der Waals surface area contributed by atoms with Gasteiger partial charge >= 0.3 is 6.01 Å². The van der Waals surface area contributed by atoms with Crippen molar-refractivity contribution in [1.82, 2.24) is 15.5 Å². The molecular formula is C14H26N4O. The van der Waals surface area contributed by atoms with Crippen LogP contribution in [0.5, 0.6) is 0 Å². The lowest BCUT2D eigenvalue weighted by atomic mass is 10.1. The van der Waals surface area contributed by atoms with Gasteiger partial charge in [0.05, 0.1) is 6.54 Å². The molecule has 0 saturated carbocycles. The van der Waals surface area contributed by atoms with Gasteiger partial charge in [-0.25, -0.2) is 0 Å². The van der Waals surface area contributed by atoms with Crippen LogP contribution in [0.15, 0.2) is 4.42 Å². The van der Waals surface area contributed by atoms with Crippen LogP contribution in [0.1, 0.15) is 58.8 Å². The Balaban J connectivity index is 1.91. The highest BCUT2D eigenvalue weighted by atomic mass is 16.4. The van der Waals surface area contributed by atoms with Crippen LogP contribution in [-0.2, 0) is 6.54 Å². The quantitative estimate of drug-likeness (QED) is 0.911. The molecule has 1 N–H and O–H groups in total. The molecule has 5 heteroatoms. The third kappa shape index (κ3) is 4.82. The summed E-state index contributed by atoms with van der Waals surface area (Å²) >= 11 is 0. The van der Waals surface area contributed by atoms with Gasteiger partial charge in [-0.1, -0.05) is 24.4 Å². The number of nitrogens with zero attached hydrogens (tertiary/aromatic N) is 3. The molecule has 0 unspecified atom stereocenters. The van der Waals surface area contributed by atoms with Gasteiger partial charge in [0.2, 0.25) is 5.89 Å². The standard InChI is InChI=1S/C14H26N4O/c1-14(2,3)15-11-12-16-17-13(19-12)18-9-7-5-4-6-8-10-18/h15H,4-11H2,1-3H3. The first kappa shape index (κ1) is 14.3. The van der Waals surface area contributed by atoms with E-state index >= 15 is 0 Å². The van der Waals surface area contributed by atoms with E-state index < -0.39 is 0 Å². The zero-order valence-corrected chi connectivity index (χ0v) is 12.4. The fourth-order valence-electron chi connectivity index (χ4n) is 2.22. The molecule has 0 aliphatic carbocycles. The molecule has 0 atom stereocenters. The minimum atomic E-state index is 0.0646. The zero-order valence-electron chi connectivity index (χ0n) is 12.4. The lowest BCUT2D eigenvalue weighted by molar-refractivity contribution is 0.379. The van der Waals surface area contributed by atoms with E-state index in [1.807, 2.05) is 0 Å². The minimum absolute atomic E-state index is 0.0646. The third-order valence-electron chi connectivity index (χ3n) is 3.35. The van der Waals surface area contributed by atoms with Gasteiger partial charge in [0.25, 0.3) is 0 Å². The molecular weight excluding hydrogens is 240 g/mol. The molecule has 0 bridgehead atoms. The summed E-state index contributed by atoms with van der Waals surface area (Å²) in [6.07, 6.45) is 6.42. The van der Waals surface area contributed by atoms with E-state index in [9.17, 15) is 0 Å². The number of hydrogen-bond acceptors (Lipinski definition) is 5. The van der Waals surface area contributed by atoms with Crippen LogP contribution < -0.4 is 10.2 Å². The van der Waals surface area contributed by atoms with Crippen molar-refractivity contribution in [3.8, 4) is 0 Å². The molecule has 1 fully saturated rings. The van der Waals surface area contributed by atoms with Crippen LogP contribution in [0.4, 0.5) is 6.01 Å². The SMILES string of the molecule is CC(C)(C)NCc1nnc(N2CCCCCCC2)o1. The largest absolute Gasteiger partial charge is 0.407 e. The van der Waals surface area contributed by atoms with Gasteiger partial charge in [-0.05, 0) is 33.6 Å². The van der Waals surface area contributed by atoms with Gasteiger partial charge in [-0.15, -0.1) is 5.10 Å². The molecule has 1 aromatic rings. The van der Waals surface area contributed by atoms with Crippen molar-refractivity contribution in [3.05, 3.63) is 5.89 Å². The number of rotatable bonds is 3. The summed E-state index contributed by atoms with van der Waals surface area (Å²) in [5.41, 5.74) is 0.0646. The summed E-state index contributed by atoms with van der Waals surface area (Å²) in [5.74, 6) is 0.673. The summed E-state index contributed by atoms with van der Waals surface area (Å²) in [4.78, 5) is 2.23. The van der Waals surface area contributed by atoms with E-state index in [1.165, 1.54) is 32.1 Å². The van der Waals surface area contributed by atoms with E-state index in [0.29, 0.717) is 18.5 Å². The maximum atomic E-state index is 5.76. The van der Waals surface area contributed by atoms with Crippen LogP contribution in [0.2, 0.25) is 0 Å². The monoisotopic (exact) mass is 266 g/mol. The molecule has 0 aromatic carbocycles. The van der Waals surface area contributed by atoms with Crippen molar-refractivity contribution in [1.29, 1.82) is 0 Å². The van der Waals surface area contributed by atoms with Crippen LogP contribution >= 0.6 is 0 Å². The Morgan fingerprint density at radius 1 is 1.05 bits per heavy atom. The van der Waals surface area contributed by atoms with Crippen molar-refractivity contribution < 1.29 is 4.42 Å². The van der Waals surface area contributed by atoms with Gasteiger partial charge in [-0.2, -0.15) is 0 Å². The maximum Gasteiger partial charge on any atom is 0.318 e. The molecule has 2 rings (SSSR count). The summed E-state index contributed by atoms with van der Waals surface area (Å²) in [7, 11) is 0. The first-order valence-electron chi connectivity index (χ1n) is 7.37. The Kier molecular flexibility index (Phi) is 4.80. The van der Waals surface area contributed by atoms with Crippen molar-refractivity contribution in [2.75, 3.05) is 18.0 Å². The normalized spacial score (nSPS) is 18.2. The van der Waals surface area contributed by atoms with Gasteiger partial charge < -0.3 is 14.6 Å². The van der Waals surface area contributed by atoms with Crippen LogP contribution in [-0.4, -0.2) is 28.8 Å². The van der Waals surface area contributed by atoms with Crippen molar-refractivity contribution in [2.45, 2.75) is 65.0 Å². The lowest BCUT2D eigenvalue weighted by Gasteiger charge is -2.22. The second-order valence-electron chi connectivity index (χ2n) is 6.34. The Hall–Kier alpha value is -1.10. The average molecular weight is 266 g/mol. The third-order valence-corrected chi connectivity index (χ3v) is 3.35. The van der Waals surface area contributed by atoms with Crippen molar-refractivity contribution >= 4 is 6.01 Å². The Bertz CT molecular complexity index is 375. The Labute approximate surface area is 115 Å². The van der Waals surface area contributed by atoms with E-state index in [-0.39, 0.29) is 5.54 Å². The molecule has 2 heterocycles. The average Bonchev–Trinajstić information content (AvgIpc) is 2.73. The van der Waals surface area contributed by atoms with E-state index in [4.69, 9.17) is 4.42 Å². The molecule has 1 aromatic heterocycles. The number of anilines is 1. The highest BCUT2D eigenvalue weighted by Gasteiger charge is 2.16. The van der Waals surface area contributed by atoms with Gasteiger partial charge in [0.1, 0.15) is 0 Å². The van der Waals surface area contributed by atoms with Crippen LogP contribution in [0, 0.1) is 0 Å². The second kappa shape index (κ2) is 6.37. The number of aromatic nitrogens is 2. The summed E-state index contributed by atoms with van der Waals surface area (Å²) in [6.45, 7) is 9.08.